The topological polar surface area (TPSA) is 124 Å². The van der Waals surface area contributed by atoms with Crippen molar-refractivity contribution in [3.05, 3.63) is 71.1 Å². The van der Waals surface area contributed by atoms with Crippen LogP contribution in [0, 0.1) is 0 Å². The highest BCUT2D eigenvalue weighted by molar-refractivity contribution is 7.92. The van der Waals surface area contributed by atoms with Crippen LogP contribution in [0.1, 0.15) is 40.9 Å². The Labute approximate surface area is 253 Å². The first kappa shape index (κ1) is 32.1. The number of amides is 1. The lowest BCUT2D eigenvalue weighted by Crippen LogP contribution is -2.42. The molecule has 226 valence electrons. The minimum atomic E-state index is -3.65. The van der Waals surface area contributed by atoms with E-state index in [1.54, 1.807) is 24.3 Å². The molecule has 1 aliphatic rings. The molecule has 1 N–H and O–H groups in total. The van der Waals surface area contributed by atoms with Gasteiger partial charge in [0.1, 0.15) is 4.75 Å². The molecule has 8 nitrogen and oxygen atoms in total. The zero-order chi connectivity index (χ0) is 30.8. The predicted octanol–water partition coefficient (Wildman–Crippen LogP) is 5.84. The van der Waals surface area contributed by atoms with E-state index in [2.05, 4.69) is 19.6 Å². The van der Waals surface area contributed by atoms with Crippen molar-refractivity contribution in [2.75, 3.05) is 18.6 Å². The zero-order valence-electron chi connectivity index (χ0n) is 24.3. The Kier molecular flexibility index (Phi) is 9.51. The summed E-state index contributed by atoms with van der Waals surface area (Å²) in [7, 11) is -8.60. The Bertz CT molecular complexity index is 1660. The molecular formula is C30H37NO7S3Si. The average molecular weight is 648 g/mol. The first-order valence-corrected chi connectivity index (χ1v) is 21.9. The number of thiophene rings is 1. The van der Waals surface area contributed by atoms with Gasteiger partial charge in [0.2, 0.25) is 10.0 Å². The highest BCUT2D eigenvalue weighted by Crippen LogP contribution is 2.47. The monoisotopic (exact) mass is 647 g/mol. The molecule has 1 aliphatic heterocycles. The van der Waals surface area contributed by atoms with Gasteiger partial charge < -0.3 is 4.74 Å². The van der Waals surface area contributed by atoms with E-state index in [-0.39, 0.29) is 17.7 Å². The van der Waals surface area contributed by atoms with Crippen LogP contribution in [-0.4, -0.2) is 55.4 Å². The molecule has 12 heteroatoms. The summed E-state index contributed by atoms with van der Waals surface area (Å²) in [6, 6.07) is 19.0. The Morgan fingerprint density at radius 3 is 2.10 bits per heavy atom. The summed E-state index contributed by atoms with van der Waals surface area (Å²) in [6.45, 7) is 6.93. The van der Waals surface area contributed by atoms with Crippen LogP contribution in [0.5, 0.6) is 0 Å². The summed E-state index contributed by atoms with van der Waals surface area (Å²) in [5.41, 5.74) is 2.90. The molecule has 0 bridgehead atoms. The van der Waals surface area contributed by atoms with Crippen LogP contribution < -0.4 is 4.72 Å². The molecule has 1 amide bonds. The molecule has 0 radical (unpaired) electrons. The van der Waals surface area contributed by atoms with Crippen molar-refractivity contribution in [3.63, 3.8) is 0 Å². The van der Waals surface area contributed by atoms with Gasteiger partial charge in [-0.25, -0.2) is 21.6 Å². The van der Waals surface area contributed by atoms with Crippen molar-refractivity contribution >= 4 is 51.1 Å². The third kappa shape index (κ3) is 7.77. The molecule has 0 aliphatic carbocycles. The van der Waals surface area contributed by atoms with Gasteiger partial charge in [-0.05, 0) is 59.8 Å². The summed E-state index contributed by atoms with van der Waals surface area (Å²) < 4.78 is 55.9. The predicted molar refractivity (Wildman–Crippen MR) is 171 cm³/mol. The molecule has 1 saturated heterocycles. The maximum absolute atomic E-state index is 13.5. The number of esters is 1. The van der Waals surface area contributed by atoms with Crippen LogP contribution in [0.25, 0.3) is 21.6 Å². The lowest BCUT2D eigenvalue weighted by molar-refractivity contribution is -0.144. The second-order valence-corrected chi connectivity index (χ2v) is 22.9. The van der Waals surface area contributed by atoms with Gasteiger partial charge in [0, 0.05) is 23.4 Å². The van der Waals surface area contributed by atoms with Gasteiger partial charge in [0.05, 0.1) is 25.0 Å². The van der Waals surface area contributed by atoms with E-state index in [0.717, 1.165) is 40.3 Å². The van der Waals surface area contributed by atoms with E-state index in [9.17, 15) is 26.4 Å². The first-order chi connectivity index (χ1) is 19.6. The van der Waals surface area contributed by atoms with E-state index in [1.165, 1.54) is 11.3 Å². The normalized spacial score (nSPS) is 18.8. The number of carbonyl (C=O) groups excluding carboxylic acids is 2. The number of hydrogen-bond acceptors (Lipinski definition) is 8. The van der Waals surface area contributed by atoms with Crippen LogP contribution in [0.4, 0.5) is 0 Å². The molecule has 2 aromatic carbocycles. The maximum Gasteiger partial charge on any atom is 0.307 e. The van der Waals surface area contributed by atoms with Crippen molar-refractivity contribution in [2.24, 2.45) is 0 Å². The minimum absolute atomic E-state index is 0.0613. The summed E-state index contributed by atoms with van der Waals surface area (Å²) in [5.74, 6) is -1.09. The molecule has 4 rings (SSSR count). The Hall–Kier alpha value is -2.80. The van der Waals surface area contributed by atoms with Gasteiger partial charge in [-0.3, -0.25) is 9.59 Å². The molecule has 1 atom stereocenters. The van der Waals surface area contributed by atoms with E-state index in [4.69, 9.17) is 4.74 Å². The molecule has 0 spiro atoms. The number of sulfone groups is 1. The summed E-state index contributed by atoms with van der Waals surface area (Å²) in [4.78, 5) is 26.6. The SMILES string of the molecule is C[Si](C)(C)CCOC(=O)C[C@]1(c2ccc(-c3ccc(-c4ccc(C(=O)NS(C)(=O)=O)cc4)cc3)s2)CCCCS1(=O)=O. The van der Waals surface area contributed by atoms with Gasteiger partial charge in [0.25, 0.3) is 5.91 Å². The third-order valence-corrected chi connectivity index (χ3v) is 13.7. The van der Waals surface area contributed by atoms with Crippen LogP contribution in [0.2, 0.25) is 25.7 Å². The van der Waals surface area contributed by atoms with Crippen molar-refractivity contribution in [3.8, 4) is 21.6 Å². The fourth-order valence-electron chi connectivity index (χ4n) is 4.98. The fraction of sp³-hybridized carbons (Fsp3) is 0.400. The second kappa shape index (κ2) is 12.4. The van der Waals surface area contributed by atoms with Gasteiger partial charge in [0.15, 0.2) is 9.84 Å². The maximum atomic E-state index is 13.5. The molecule has 1 fully saturated rings. The lowest BCUT2D eigenvalue weighted by atomic mass is 9.95. The fourth-order valence-corrected chi connectivity index (χ4v) is 9.92. The van der Waals surface area contributed by atoms with Crippen LogP contribution in [0.15, 0.2) is 60.7 Å². The molecule has 0 unspecified atom stereocenters. The molecule has 2 heterocycles. The highest BCUT2D eigenvalue weighted by Gasteiger charge is 2.49. The summed E-state index contributed by atoms with van der Waals surface area (Å²) in [6.07, 6.45) is 2.49. The number of carbonyl (C=O) groups is 2. The first-order valence-electron chi connectivity index (χ1n) is 13.8. The number of hydrogen-bond donors (Lipinski definition) is 1. The average Bonchev–Trinajstić information content (AvgIpc) is 3.39. The summed E-state index contributed by atoms with van der Waals surface area (Å²) >= 11 is 1.40. The number of nitrogens with one attached hydrogen (secondary N) is 1. The van der Waals surface area contributed by atoms with E-state index >= 15 is 0 Å². The number of sulfonamides is 1. The molecule has 0 saturated carbocycles. The van der Waals surface area contributed by atoms with Crippen molar-refractivity contribution in [1.82, 2.24) is 4.72 Å². The zero-order valence-corrected chi connectivity index (χ0v) is 27.8. The largest absolute Gasteiger partial charge is 0.466 e. The minimum Gasteiger partial charge on any atom is -0.466 e. The highest BCUT2D eigenvalue weighted by atomic mass is 32.2. The summed E-state index contributed by atoms with van der Waals surface area (Å²) in [5, 5.41) is 0. The molecule has 42 heavy (non-hydrogen) atoms. The number of benzene rings is 2. The van der Waals surface area contributed by atoms with Gasteiger partial charge in [-0.2, -0.15) is 0 Å². The Morgan fingerprint density at radius 1 is 0.929 bits per heavy atom. The van der Waals surface area contributed by atoms with Crippen molar-refractivity contribution in [2.45, 2.75) is 56.1 Å². The Balaban J connectivity index is 1.54. The van der Waals surface area contributed by atoms with Crippen molar-refractivity contribution < 1.29 is 31.2 Å². The van der Waals surface area contributed by atoms with Crippen LogP contribution >= 0.6 is 11.3 Å². The quantitative estimate of drug-likeness (QED) is 0.217. The second-order valence-electron chi connectivity index (χ2n) is 12.0. The number of ether oxygens (including phenoxy) is 1. The Morgan fingerprint density at radius 2 is 1.52 bits per heavy atom. The smallest absolute Gasteiger partial charge is 0.307 e. The molecule has 3 aromatic rings. The third-order valence-electron chi connectivity index (χ3n) is 7.37. The van der Waals surface area contributed by atoms with Gasteiger partial charge in [-0.15, -0.1) is 11.3 Å². The van der Waals surface area contributed by atoms with Crippen LogP contribution in [0.3, 0.4) is 0 Å². The molecule has 1 aromatic heterocycles. The van der Waals surface area contributed by atoms with E-state index in [0.29, 0.717) is 24.3 Å². The number of rotatable bonds is 10. The van der Waals surface area contributed by atoms with Crippen molar-refractivity contribution in [1.29, 1.82) is 0 Å². The van der Waals surface area contributed by atoms with Crippen LogP contribution in [-0.2, 0) is 34.1 Å². The van der Waals surface area contributed by atoms with Gasteiger partial charge in [-0.1, -0.05) is 62.5 Å². The van der Waals surface area contributed by atoms with Gasteiger partial charge >= 0.3 is 5.97 Å². The van der Waals surface area contributed by atoms with E-state index in [1.807, 2.05) is 41.1 Å². The van der Waals surface area contributed by atoms with E-state index < -0.39 is 44.6 Å². The lowest BCUT2D eigenvalue weighted by Gasteiger charge is -2.35. The standard InChI is InChI=1S/C30H37NO7S3Si/c1-40(34,35)31-29(33)25-13-9-23(10-14-25)22-7-11-24(12-8-22)26-15-16-27(39-26)30(17-5-6-19-41(30,36)37)21-28(32)38-18-20-42(2,3)4/h7-16H,5-6,17-21H2,1-4H3,(H,31,33)/t30-/m0/s1. The molecular weight excluding hydrogens is 611 g/mol.